The molecule has 0 saturated heterocycles. The maximum atomic E-state index is 6.24. The van der Waals surface area contributed by atoms with Gasteiger partial charge in [0.2, 0.25) is 0 Å². The summed E-state index contributed by atoms with van der Waals surface area (Å²) in [6, 6.07) is 2.24. The van der Waals surface area contributed by atoms with Crippen molar-refractivity contribution in [3.05, 3.63) is 33.3 Å². The van der Waals surface area contributed by atoms with Crippen molar-refractivity contribution >= 4 is 11.6 Å². The first-order chi connectivity index (χ1) is 6.99. The molecule has 0 radical (unpaired) electrons. The van der Waals surface area contributed by atoms with Crippen LogP contribution in [-0.4, -0.2) is 0 Å². The predicted molar refractivity (Wildman–Crippen MR) is 67.5 cm³/mol. The van der Waals surface area contributed by atoms with E-state index in [9.17, 15) is 0 Å². The van der Waals surface area contributed by atoms with Crippen LogP contribution in [0.2, 0.25) is 5.02 Å². The number of hydrogen-bond donors (Lipinski definition) is 1. The summed E-state index contributed by atoms with van der Waals surface area (Å²) in [4.78, 5) is 0. The van der Waals surface area contributed by atoms with Gasteiger partial charge in [-0.15, -0.1) is 0 Å². The fourth-order valence-electron chi connectivity index (χ4n) is 2.20. The molecule has 1 aromatic carbocycles. The number of benzene rings is 1. The highest BCUT2D eigenvalue weighted by Crippen LogP contribution is 2.31. The van der Waals surface area contributed by atoms with E-state index in [0.717, 1.165) is 29.0 Å². The van der Waals surface area contributed by atoms with Crippen LogP contribution in [0.15, 0.2) is 6.07 Å². The van der Waals surface area contributed by atoms with Gasteiger partial charge in [-0.3, -0.25) is 0 Å². The normalized spacial score (nSPS) is 12.9. The number of halogens is 1. The minimum Gasteiger partial charge on any atom is -0.324 e. The smallest absolute Gasteiger partial charge is 0.0467 e. The molecule has 2 heteroatoms. The molecule has 0 saturated carbocycles. The zero-order chi connectivity index (χ0) is 11.6. The summed E-state index contributed by atoms with van der Waals surface area (Å²) in [5.74, 6) is 0. The van der Waals surface area contributed by atoms with Gasteiger partial charge in [-0.05, 0) is 49.4 Å². The van der Waals surface area contributed by atoms with E-state index < -0.39 is 0 Å². The molecule has 1 unspecified atom stereocenters. The average Bonchev–Trinajstić information content (AvgIpc) is 2.15. The molecule has 0 spiro atoms. The summed E-state index contributed by atoms with van der Waals surface area (Å²) in [6.45, 7) is 8.37. The monoisotopic (exact) mass is 225 g/mol. The Balaban J connectivity index is 3.23. The lowest BCUT2D eigenvalue weighted by Gasteiger charge is -2.19. The molecule has 1 rings (SSSR count). The largest absolute Gasteiger partial charge is 0.324 e. The van der Waals surface area contributed by atoms with E-state index in [4.69, 9.17) is 17.3 Å². The van der Waals surface area contributed by atoms with Crippen LogP contribution in [-0.2, 0) is 0 Å². The Labute approximate surface area is 97.6 Å². The van der Waals surface area contributed by atoms with E-state index in [2.05, 4.69) is 26.8 Å². The van der Waals surface area contributed by atoms with Gasteiger partial charge >= 0.3 is 0 Å². The van der Waals surface area contributed by atoms with E-state index in [1.165, 1.54) is 11.1 Å². The lowest BCUT2D eigenvalue weighted by molar-refractivity contribution is 0.631. The molecule has 2 N–H and O–H groups in total. The van der Waals surface area contributed by atoms with Gasteiger partial charge in [-0.1, -0.05) is 31.0 Å². The second-order valence-electron chi connectivity index (χ2n) is 4.26. The third-order valence-electron chi connectivity index (χ3n) is 2.91. The summed E-state index contributed by atoms with van der Waals surface area (Å²) in [5, 5.41) is 0.863. The quantitative estimate of drug-likeness (QED) is 0.825. The molecule has 0 heterocycles. The number of nitrogens with two attached hydrogens (primary N) is 1. The molecule has 0 bridgehead atoms. The Kier molecular flexibility index (Phi) is 4.18. The first-order valence-corrected chi connectivity index (χ1v) is 5.88. The Morgan fingerprint density at radius 2 is 1.87 bits per heavy atom. The van der Waals surface area contributed by atoms with Crippen LogP contribution >= 0.6 is 11.6 Å². The minimum absolute atomic E-state index is 0.119. The van der Waals surface area contributed by atoms with Gasteiger partial charge in [0.1, 0.15) is 0 Å². The Hall–Kier alpha value is -0.530. The lowest BCUT2D eigenvalue weighted by atomic mass is 9.92. The molecule has 0 amide bonds. The summed E-state index contributed by atoms with van der Waals surface area (Å²) >= 11 is 6.24. The lowest BCUT2D eigenvalue weighted by Crippen LogP contribution is -2.13. The van der Waals surface area contributed by atoms with Crippen molar-refractivity contribution in [3.8, 4) is 0 Å². The molecule has 15 heavy (non-hydrogen) atoms. The standard InChI is InChI=1S/C13H20ClN/c1-5-6-11(15)12-8(2)7-9(3)13(14)10(12)4/h7,11H,5-6,15H2,1-4H3. The second kappa shape index (κ2) is 5.00. The van der Waals surface area contributed by atoms with Crippen molar-refractivity contribution in [2.45, 2.75) is 46.6 Å². The summed E-state index contributed by atoms with van der Waals surface area (Å²) in [7, 11) is 0. The predicted octanol–water partition coefficient (Wildman–Crippen LogP) is 4.07. The van der Waals surface area contributed by atoms with Crippen LogP contribution in [0, 0.1) is 20.8 Å². The molecule has 1 nitrogen and oxygen atoms in total. The Morgan fingerprint density at radius 1 is 1.27 bits per heavy atom. The van der Waals surface area contributed by atoms with Crippen molar-refractivity contribution in [3.63, 3.8) is 0 Å². The van der Waals surface area contributed by atoms with Crippen molar-refractivity contribution in [2.24, 2.45) is 5.73 Å². The molecule has 0 aliphatic rings. The highest BCUT2D eigenvalue weighted by molar-refractivity contribution is 6.32. The maximum absolute atomic E-state index is 6.24. The van der Waals surface area contributed by atoms with E-state index in [-0.39, 0.29) is 6.04 Å². The molecule has 0 aliphatic heterocycles. The van der Waals surface area contributed by atoms with Crippen LogP contribution in [0.3, 0.4) is 0 Å². The number of rotatable bonds is 3. The molecule has 0 aromatic heterocycles. The molecular formula is C13H20ClN. The van der Waals surface area contributed by atoms with Crippen LogP contribution < -0.4 is 5.73 Å². The van der Waals surface area contributed by atoms with Gasteiger partial charge in [0.05, 0.1) is 0 Å². The van der Waals surface area contributed by atoms with Crippen molar-refractivity contribution in [1.29, 1.82) is 0 Å². The van der Waals surface area contributed by atoms with Crippen LogP contribution in [0.5, 0.6) is 0 Å². The topological polar surface area (TPSA) is 26.0 Å². The van der Waals surface area contributed by atoms with E-state index in [0.29, 0.717) is 0 Å². The third kappa shape index (κ3) is 2.53. The van der Waals surface area contributed by atoms with Crippen molar-refractivity contribution in [2.75, 3.05) is 0 Å². The van der Waals surface area contributed by atoms with Crippen LogP contribution in [0.1, 0.15) is 48.1 Å². The molecule has 1 aromatic rings. The van der Waals surface area contributed by atoms with Gasteiger partial charge in [-0.2, -0.15) is 0 Å². The average molecular weight is 226 g/mol. The van der Waals surface area contributed by atoms with E-state index in [1.54, 1.807) is 0 Å². The Bertz CT molecular complexity index is 358. The summed E-state index contributed by atoms with van der Waals surface area (Å²) < 4.78 is 0. The third-order valence-corrected chi connectivity index (χ3v) is 3.49. The Morgan fingerprint density at radius 3 is 2.40 bits per heavy atom. The van der Waals surface area contributed by atoms with Gasteiger partial charge in [0, 0.05) is 11.1 Å². The molecule has 0 aliphatic carbocycles. The zero-order valence-corrected chi connectivity index (χ0v) is 10.8. The SMILES string of the molecule is CCCC(N)c1c(C)cc(C)c(Cl)c1C. The highest BCUT2D eigenvalue weighted by Gasteiger charge is 2.14. The van der Waals surface area contributed by atoms with Crippen LogP contribution in [0.25, 0.3) is 0 Å². The zero-order valence-electron chi connectivity index (χ0n) is 10.0. The van der Waals surface area contributed by atoms with Gasteiger partial charge in [0.15, 0.2) is 0 Å². The molecular weight excluding hydrogens is 206 g/mol. The molecule has 1 atom stereocenters. The first-order valence-electron chi connectivity index (χ1n) is 5.50. The fourth-order valence-corrected chi connectivity index (χ4v) is 2.36. The molecule has 0 fully saturated rings. The maximum Gasteiger partial charge on any atom is 0.0467 e. The number of hydrogen-bond acceptors (Lipinski definition) is 1. The summed E-state index contributed by atoms with van der Waals surface area (Å²) in [5.41, 5.74) is 10.9. The van der Waals surface area contributed by atoms with Crippen molar-refractivity contribution in [1.82, 2.24) is 0 Å². The number of aryl methyl sites for hydroxylation is 2. The van der Waals surface area contributed by atoms with Gasteiger partial charge in [-0.25, -0.2) is 0 Å². The van der Waals surface area contributed by atoms with Gasteiger partial charge in [0.25, 0.3) is 0 Å². The van der Waals surface area contributed by atoms with Crippen LogP contribution in [0.4, 0.5) is 0 Å². The van der Waals surface area contributed by atoms with E-state index >= 15 is 0 Å². The minimum atomic E-state index is 0.119. The van der Waals surface area contributed by atoms with Gasteiger partial charge < -0.3 is 5.73 Å². The van der Waals surface area contributed by atoms with E-state index in [1.807, 2.05) is 6.92 Å². The molecule has 84 valence electrons. The fraction of sp³-hybridized carbons (Fsp3) is 0.538. The summed E-state index contributed by atoms with van der Waals surface area (Å²) in [6.07, 6.45) is 2.12. The second-order valence-corrected chi connectivity index (χ2v) is 4.64. The highest BCUT2D eigenvalue weighted by atomic mass is 35.5. The first kappa shape index (κ1) is 12.5. The van der Waals surface area contributed by atoms with Crippen molar-refractivity contribution < 1.29 is 0 Å².